The zero-order chi connectivity index (χ0) is 26.1. The first-order valence-corrected chi connectivity index (χ1v) is 12.3. The summed E-state index contributed by atoms with van der Waals surface area (Å²) >= 11 is 1.25. The van der Waals surface area contributed by atoms with E-state index in [9.17, 15) is 14.7 Å². The molecule has 4 aromatic rings. The standard InChI is InChI=1S/C27H23N3O6S/c1-4-36-16-8-10-18-21(14-16)37-27(29-18)30-23(19-7-5-6-12-28-19)22(25(32)26(30)33)24(31)17-13-15(34-2)9-11-20(17)35-3/h5-14,23,31H,4H2,1-3H3/b24-22+. The third kappa shape index (κ3) is 4.25. The molecule has 0 saturated carbocycles. The van der Waals surface area contributed by atoms with E-state index >= 15 is 0 Å². The molecule has 0 bridgehead atoms. The van der Waals surface area contributed by atoms with E-state index in [4.69, 9.17) is 14.2 Å². The topological polar surface area (TPSA) is 111 Å². The highest BCUT2D eigenvalue weighted by Gasteiger charge is 2.49. The quantitative estimate of drug-likeness (QED) is 0.213. The smallest absolute Gasteiger partial charge is 0.301 e. The Labute approximate surface area is 216 Å². The van der Waals surface area contributed by atoms with Crippen molar-refractivity contribution in [1.82, 2.24) is 9.97 Å². The highest BCUT2D eigenvalue weighted by Crippen LogP contribution is 2.45. The number of aliphatic hydroxyl groups is 1. The van der Waals surface area contributed by atoms with Crippen molar-refractivity contribution in [3.63, 3.8) is 0 Å². The average Bonchev–Trinajstić information content (AvgIpc) is 3.46. The Morgan fingerprint density at radius 3 is 2.57 bits per heavy atom. The fraction of sp³-hybridized carbons (Fsp3) is 0.185. The minimum Gasteiger partial charge on any atom is -0.507 e. The number of aromatic nitrogens is 2. The van der Waals surface area contributed by atoms with Crippen LogP contribution in [0.15, 0.2) is 66.4 Å². The summed E-state index contributed by atoms with van der Waals surface area (Å²) in [5, 5.41) is 11.8. The molecule has 188 valence electrons. The van der Waals surface area contributed by atoms with E-state index < -0.39 is 23.5 Å². The molecular weight excluding hydrogens is 494 g/mol. The summed E-state index contributed by atoms with van der Waals surface area (Å²) in [5.41, 5.74) is 1.15. The van der Waals surface area contributed by atoms with Crippen LogP contribution >= 0.6 is 11.3 Å². The Morgan fingerprint density at radius 1 is 1.05 bits per heavy atom. The number of ketones is 1. The van der Waals surface area contributed by atoms with Crippen molar-refractivity contribution in [3.8, 4) is 17.2 Å². The third-order valence-corrected chi connectivity index (χ3v) is 6.96. The molecule has 0 radical (unpaired) electrons. The van der Waals surface area contributed by atoms with E-state index in [-0.39, 0.29) is 11.1 Å². The van der Waals surface area contributed by atoms with Gasteiger partial charge in [-0.25, -0.2) is 4.98 Å². The molecule has 2 aromatic heterocycles. The summed E-state index contributed by atoms with van der Waals surface area (Å²) in [6.45, 7) is 2.41. The Kier molecular flexibility index (Phi) is 6.49. The van der Waals surface area contributed by atoms with Gasteiger partial charge in [-0.3, -0.25) is 19.5 Å². The van der Waals surface area contributed by atoms with Gasteiger partial charge in [0.1, 0.15) is 29.0 Å². The van der Waals surface area contributed by atoms with Crippen LogP contribution < -0.4 is 19.1 Å². The number of carbonyl (C=O) groups excluding carboxylic acids is 2. The number of benzene rings is 2. The summed E-state index contributed by atoms with van der Waals surface area (Å²) in [4.78, 5) is 37.2. The Morgan fingerprint density at radius 2 is 1.86 bits per heavy atom. The third-order valence-electron chi connectivity index (χ3n) is 5.94. The van der Waals surface area contributed by atoms with E-state index in [1.807, 2.05) is 13.0 Å². The second kappa shape index (κ2) is 9.90. The minimum absolute atomic E-state index is 0.121. The van der Waals surface area contributed by atoms with Crippen LogP contribution in [-0.4, -0.2) is 47.6 Å². The van der Waals surface area contributed by atoms with Crippen LogP contribution in [0.3, 0.4) is 0 Å². The number of pyridine rings is 1. The maximum Gasteiger partial charge on any atom is 0.301 e. The maximum atomic E-state index is 13.4. The fourth-order valence-corrected chi connectivity index (χ4v) is 5.26. The maximum absolute atomic E-state index is 13.4. The van der Waals surface area contributed by atoms with Crippen molar-refractivity contribution >= 4 is 44.1 Å². The van der Waals surface area contributed by atoms with Gasteiger partial charge in [-0.15, -0.1) is 0 Å². The first-order chi connectivity index (χ1) is 18.0. The predicted octanol–water partition coefficient (Wildman–Crippen LogP) is 4.73. The number of carbonyl (C=O) groups is 2. The molecule has 1 N–H and O–H groups in total. The summed E-state index contributed by atoms with van der Waals surface area (Å²) < 4.78 is 17.1. The first-order valence-electron chi connectivity index (χ1n) is 11.4. The molecule has 37 heavy (non-hydrogen) atoms. The van der Waals surface area contributed by atoms with Gasteiger partial charge in [-0.2, -0.15) is 0 Å². The van der Waals surface area contributed by atoms with Crippen LogP contribution in [0, 0.1) is 0 Å². The number of methoxy groups -OCH3 is 2. The lowest BCUT2D eigenvalue weighted by atomic mass is 9.98. The lowest BCUT2D eigenvalue weighted by Crippen LogP contribution is -2.29. The van der Waals surface area contributed by atoms with Gasteiger partial charge >= 0.3 is 5.91 Å². The van der Waals surface area contributed by atoms with E-state index in [2.05, 4.69) is 9.97 Å². The second-order valence-corrected chi connectivity index (χ2v) is 9.06. The number of Topliss-reactive ketones (excluding diaryl/α,β-unsaturated/α-hetero) is 1. The highest BCUT2D eigenvalue weighted by atomic mass is 32.1. The molecule has 10 heteroatoms. The minimum atomic E-state index is -1.01. The molecule has 5 rings (SSSR count). The van der Waals surface area contributed by atoms with Crippen LogP contribution in [0.4, 0.5) is 5.13 Å². The Bertz CT molecular complexity index is 1530. The number of aliphatic hydroxyl groups excluding tert-OH is 1. The van der Waals surface area contributed by atoms with Crippen molar-refractivity contribution in [3.05, 3.63) is 77.6 Å². The summed E-state index contributed by atoms with van der Waals surface area (Å²) in [6.07, 6.45) is 1.56. The van der Waals surface area contributed by atoms with Gasteiger partial charge in [0.15, 0.2) is 5.13 Å². The molecule has 1 saturated heterocycles. The first kappa shape index (κ1) is 24.3. The van der Waals surface area contributed by atoms with E-state index in [1.165, 1.54) is 30.5 Å². The number of ether oxygens (including phenoxy) is 3. The number of nitrogens with zero attached hydrogens (tertiary/aromatic N) is 3. The largest absolute Gasteiger partial charge is 0.507 e. The molecule has 0 spiro atoms. The van der Waals surface area contributed by atoms with Gasteiger partial charge in [0.25, 0.3) is 5.78 Å². The monoisotopic (exact) mass is 517 g/mol. The Balaban J connectivity index is 1.71. The van der Waals surface area contributed by atoms with Crippen molar-refractivity contribution in [1.29, 1.82) is 0 Å². The van der Waals surface area contributed by atoms with Gasteiger partial charge in [0, 0.05) is 6.20 Å². The van der Waals surface area contributed by atoms with Crippen LogP contribution in [0.25, 0.3) is 16.0 Å². The SMILES string of the molecule is CCOc1ccc2nc(N3C(=O)C(=O)/C(=C(/O)c4cc(OC)ccc4OC)C3c3ccccn3)sc2c1. The molecule has 1 unspecified atom stereocenters. The number of thiazole rings is 1. The molecule has 1 amide bonds. The highest BCUT2D eigenvalue weighted by molar-refractivity contribution is 7.22. The van der Waals surface area contributed by atoms with Crippen LogP contribution in [0.1, 0.15) is 24.2 Å². The van der Waals surface area contributed by atoms with Crippen LogP contribution in [0.2, 0.25) is 0 Å². The zero-order valence-corrected chi connectivity index (χ0v) is 21.1. The molecule has 3 heterocycles. The molecule has 2 aromatic carbocycles. The lowest BCUT2D eigenvalue weighted by Gasteiger charge is -2.22. The molecule has 1 aliphatic heterocycles. The molecule has 1 atom stereocenters. The number of rotatable bonds is 7. The molecular formula is C27H23N3O6S. The molecule has 1 aliphatic rings. The summed E-state index contributed by atoms with van der Waals surface area (Å²) in [6, 6.07) is 14.4. The van der Waals surface area contributed by atoms with E-state index in [1.54, 1.807) is 54.7 Å². The fourth-order valence-electron chi connectivity index (χ4n) is 4.24. The van der Waals surface area contributed by atoms with Gasteiger partial charge in [0.2, 0.25) is 0 Å². The normalized spacial score (nSPS) is 16.8. The van der Waals surface area contributed by atoms with Crippen LogP contribution in [-0.2, 0) is 9.59 Å². The van der Waals surface area contributed by atoms with Crippen molar-refractivity contribution in [2.24, 2.45) is 0 Å². The van der Waals surface area contributed by atoms with Gasteiger partial charge in [-0.05, 0) is 55.5 Å². The number of hydrogen-bond donors (Lipinski definition) is 1. The van der Waals surface area contributed by atoms with Crippen molar-refractivity contribution in [2.75, 3.05) is 25.7 Å². The zero-order valence-electron chi connectivity index (χ0n) is 20.3. The lowest BCUT2D eigenvalue weighted by molar-refractivity contribution is -0.132. The van der Waals surface area contributed by atoms with Crippen molar-refractivity contribution < 1.29 is 28.9 Å². The molecule has 0 aliphatic carbocycles. The average molecular weight is 518 g/mol. The second-order valence-electron chi connectivity index (χ2n) is 8.05. The van der Waals surface area contributed by atoms with Gasteiger partial charge < -0.3 is 19.3 Å². The number of anilines is 1. The van der Waals surface area contributed by atoms with Gasteiger partial charge in [0.05, 0.1) is 47.9 Å². The molecule has 1 fully saturated rings. The number of hydrogen-bond acceptors (Lipinski definition) is 9. The van der Waals surface area contributed by atoms with Gasteiger partial charge in [-0.1, -0.05) is 17.4 Å². The predicted molar refractivity (Wildman–Crippen MR) is 139 cm³/mol. The number of amides is 1. The Hall–Kier alpha value is -4.44. The van der Waals surface area contributed by atoms with E-state index in [0.29, 0.717) is 40.2 Å². The molecule has 9 nitrogen and oxygen atoms in total. The summed E-state index contributed by atoms with van der Waals surface area (Å²) in [5.74, 6) is -0.629. The summed E-state index contributed by atoms with van der Waals surface area (Å²) in [7, 11) is 2.94. The van der Waals surface area contributed by atoms with E-state index in [0.717, 1.165) is 4.70 Å². The van der Waals surface area contributed by atoms with Crippen LogP contribution in [0.5, 0.6) is 17.2 Å². The van der Waals surface area contributed by atoms with Crippen molar-refractivity contribution in [2.45, 2.75) is 13.0 Å². The number of fused-ring (bicyclic) bond motifs is 1.